The smallest absolute Gasteiger partial charge is 0.326 e. The van der Waals surface area contributed by atoms with E-state index in [9.17, 15) is 22.0 Å². The molecule has 1 nitrogen and oxygen atoms in total. The number of hydrogen-bond donors (Lipinski definition) is 0. The molecule has 0 radical (unpaired) electrons. The average Bonchev–Trinajstić information content (AvgIpc) is 1.85. The van der Waals surface area contributed by atoms with Crippen LogP contribution in [-0.2, 0) is 4.74 Å². The molecule has 1 heterocycles. The van der Waals surface area contributed by atoms with E-state index in [2.05, 4.69) is 4.74 Å². The lowest BCUT2D eigenvalue weighted by Gasteiger charge is -2.45. The van der Waals surface area contributed by atoms with Crippen molar-refractivity contribution in [3.05, 3.63) is 0 Å². The second kappa shape index (κ2) is 2.06. The third kappa shape index (κ3) is 0.998. The van der Waals surface area contributed by atoms with Gasteiger partial charge in [-0.3, -0.25) is 0 Å². The maximum Gasteiger partial charge on any atom is 0.420 e. The summed E-state index contributed by atoms with van der Waals surface area (Å²) in [4.78, 5) is 0. The molecule has 3 atom stereocenters. The predicted molar refractivity (Wildman–Crippen MR) is 25.3 cm³/mol. The second-order valence-corrected chi connectivity index (χ2v) is 2.48. The minimum atomic E-state index is -4.85. The van der Waals surface area contributed by atoms with Gasteiger partial charge >= 0.3 is 6.18 Å². The lowest BCUT2D eigenvalue weighted by molar-refractivity contribution is -0.400. The van der Waals surface area contributed by atoms with Crippen LogP contribution >= 0.6 is 0 Å². The summed E-state index contributed by atoms with van der Waals surface area (Å²) in [5.74, 6) is 0. The molecule has 1 aliphatic rings. The first kappa shape index (κ1) is 8.70. The fourth-order valence-corrected chi connectivity index (χ4v) is 0.760. The van der Waals surface area contributed by atoms with E-state index in [0.29, 0.717) is 6.92 Å². The third-order valence-electron chi connectivity index (χ3n) is 1.68. The van der Waals surface area contributed by atoms with Crippen molar-refractivity contribution in [3.8, 4) is 0 Å². The van der Waals surface area contributed by atoms with Gasteiger partial charge in [-0.1, -0.05) is 0 Å². The van der Waals surface area contributed by atoms with Gasteiger partial charge in [-0.25, -0.2) is 8.78 Å². The van der Waals surface area contributed by atoms with Gasteiger partial charge in [-0.2, -0.15) is 13.2 Å². The molecule has 0 aromatic rings. The standard InChI is InChI=1S/C5H5F5O/c1-4(5(8,9)10)2(6)3(7)11-4/h2-3H,1H3/t2-,3-,4-/m0/s1. The lowest BCUT2D eigenvalue weighted by atomic mass is 9.93. The molecule has 66 valence electrons. The quantitative estimate of drug-likeness (QED) is 0.512. The van der Waals surface area contributed by atoms with Crippen molar-refractivity contribution < 1.29 is 26.7 Å². The molecule has 0 aromatic heterocycles. The molecule has 1 saturated heterocycles. The minimum Gasteiger partial charge on any atom is -0.326 e. The normalized spacial score (nSPS) is 45.3. The largest absolute Gasteiger partial charge is 0.420 e. The van der Waals surface area contributed by atoms with Crippen LogP contribution in [0.3, 0.4) is 0 Å². The van der Waals surface area contributed by atoms with E-state index in [0.717, 1.165) is 0 Å². The van der Waals surface area contributed by atoms with Gasteiger partial charge in [0.1, 0.15) is 0 Å². The van der Waals surface area contributed by atoms with Crippen LogP contribution in [0.4, 0.5) is 22.0 Å². The first-order valence-electron chi connectivity index (χ1n) is 2.82. The fourth-order valence-electron chi connectivity index (χ4n) is 0.760. The van der Waals surface area contributed by atoms with Crippen LogP contribution in [-0.4, -0.2) is 24.3 Å². The first-order valence-corrected chi connectivity index (χ1v) is 2.82. The average molecular weight is 176 g/mol. The summed E-state index contributed by atoms with van der Waals surface area (Å²) in [6, 6.07) is 0. The maximum atomic E-state index is 12.2. The van der Waals surface area contributed by atoms with Crippen LogP contribution in [0.2, 0.25) is 0 Å². The summed E-state index contributed by atoms with van der Waals surface area (Å²) in [5.41, 5.74) is -2.95. The van der Waals surface area contributed by atoms with E-state index < -0.39 is 24.3 Å². The topological polar surface area (TPSA) is 9.23 Å². The van der Waals surface area contributed by atoms with Crippen LogP contribution in [0.25, 0.3) is 0 Å². The lowest BCUT2D eigenvalue weighted by Crippen LogP contribution is -2.66. The summed E-state index contributed by atoms with van der Waals surface area (Å²) in [6.45, 7) is 0.480. The van der Waals surface area contributed by atoms with Crippen LogP contribution in [0, 0.1) is 0 Å². The van der Waals surface area contributed by atoms with E-state index in [1.54, 1.807) is 0 Å². The Hall–Kier alpha value is -0.390. The van der Waals surface area contributed by atoms with Crippen molar-refractivity contribution in [2.75, 3.05) is 0 Å². The van der Waals surface area contributed by atoms with Gasteiger partial charge in [0.15, 0.2) is 6.17 Å². The molecule has 0 aromatic carbocycles. The Morgan fingerprint density at radius 1 is 1.27 bits per heavy atom. The van der Waals surface area contributed by atoms with Gasteiger partial charge < -0.3 is 4.74 Å². The number of hydrogen-bond acceptors (Lipinski definition) is 1. The monoisotopic (exact) mass is 176 g/mol. The SMILES string of the molecule is C[C@]1(C(F)(F)F)O[C@H](F)[C@@H]1F. The molecule has 1 aliphatic heterocycles. The van der Waals surface area contributed by atoms with E-state index in [4.69, 9.17) is 0 Å². The van der Waals surface area contributed by atoms with E-state index in [-0.39, 0.29) is 0 Å². The van der Waals surface area contributed by atoms with Crippen LogP contribution in [0.1, 0.15) is 6.92 Å². The third-order valence-corrected chi connectivity index (χ3v) is 1.68. The van der Waals surface area contributed by atoms with Gasteiger partial charge in [-0.05, 0) is 6.92 Å². The van der Waals surface area contributed by atoms with E-state index in [1.807, 2.05) is 0 Å². The Morgan fingerprint density at radius 2 is 1.73 bits per heavy atom. The zero-order chi connectivity index (χ0) is 8.86. The molecule has 0 aliphatic carbocycles. The minimum absolute atomic E-state index is 0.480. The molecule has 0 spiro atoms. The Bertz CT molecular complexity index is 167. The van der Waals surface area contributed by atoms with Crippen LogP contribution in [0.15, 0.2) is 0 Å². The summed E-state index contributed by atoms with van der Waals surface area (Å²) < 4.78 is 63.0. The Labute approximate surface area is 59.1 Å². The Morgan fingerprint density at radius 3 is 1.82 bits per heavy atom. The summed E-state index contributed by atoms with van der Waals surface area (Å²) in [6.07, 6.45) is -9.90. The molecule has 0 unspecified atom stereocenters. The van der Waals surface area contributed by atoms with Crippen molar-refractivity contribution in [3.63, 3.8) is 0 Å². The molecule has 0 amide bonds. The highest BCUT2D eigenvalue weighted by Crippen LogP contribution is 2.47. The molecule has 11 heavy (non-hydrogen) atoms. The fraction of sp³-hybridized carbons (Fsp3) is 1.00. The van der Waals surface area contributed by atoms with Crippen molar-refractivity contribution >= 4 is 0 Å². The zero-order valence-corrected chi connectivity index (χ0v) is 5.45. The predicted octanol–water partition coefficient (Wildman–Crippen LogP) is 1.97. The molecular weight excluding hydrogens is 171 g/mol. The molecule has 1 rings (SSSR count). The van der Waals surface area contributed by atoms with E-state index in [1.165, 1.54) is 0 Å². The summed E-state index contributed by atoms with van der Waals surface area (Å²) in [7, 11) is 0. The van der Waals surface area contributed by atoms with E-state index >= 15 is 0 Å². The van der Waals surface area contributed by atoms with Crippen molar-refractivity contribution in [1.82, 2.24) is 0 Å². The van der Waals surface area contributed by atoms with Crippen molar-refractivity contribution in [2.45, 2.75) is 31.2 Å². The molecule has 1 fully saturated rings. The number of halogens is 5. The van der Waals surface area contributed by atoms with Gasteiger partial charge in [-0.15, -0.1) is 0 Å². The highest BCUT2D eigenvalue weighted by molar-refractivity contribution is 5.00. The van der Waals surface area contributed by atoms with Crippen molar-refractivity contribution in [2.24, 2.45) is 0 Å². The van der Waals surface area contributed by atoms with Crippen molar-refractivity contribution in [1.29, 1.82) is 0 Å². The molecule has 0 saturated carbocycles. The molecule has 0 bridgehead atoms. The van der Waals surface area contributed by atoms with Crippen LogP contribution < -0.4 is 0 Å². The molecule has 6 heteroatoms. The maximum absolute atomic E-state index is 12.2. The zero-order valence-electron chi connectivity index (χ0n) is 5.45. The van der Waals surface area contributed by atoms with Crippen LogP contribution in [0.5, 0.6) is 0 Å². The van der Waals surface area contributed by atoms with Gasteiger partial charge in [0.25, 0.3) is 0 Å². The highest BCUT2D eigenvalue weighted by atomic mass is 19.4. The molecular formula is C5H5F5O. The number of alkyl halides is 5. The number of rotatable bonds is 0. The number of ether oxygens (including phenoxy) is 1. The van der Waals surface area contributed by atoms with Gasteiger partial charge in [0.2, 0.25) is 12.0 Å². The highest BCUT2D eigenvalue weighted by Gasteiger charge is 2.69. The summed E-state index contributed by atoms with van der Waals surface area (Å²) in [5, 5.41) is 0. The second-order valence-electron chi connectivity index (χ2n) is 2.48. The molecule has 0 N–H and O–H groups in total. The Balaban J connectivity index is 2.73. The van der Waals surface area contributed by atoms with Gasteiger partial charge in [0.05, 0.1) is 0 Å². The first-order chi connectivity index (χ1) is 4.79. The summed E-state index contributed by atoms with van der Waals surface area (Å²) >= 11 is 0. The van der Waals surface area contributed by atoms with Gasteiger partial charge in [0, 0.05) is 0 Å². The Kier molecular flexibility index (Phi) is 1.63.